The number of nitrogens with one attached hydrogen (secondary N) is 2. The average molecular weight is 548 g/mol. The molecule has 0 spiro atoms. The van der Waals surface area contributed by atoms with Crippen LogP contribution in [0.4, 0.5) is 0 Å². The van der Waals surface area contributed by atoms with Crippen molar-refractivity contribution in [3.05, 3.63) is 64.1 Å². The molecule has 2 unspecified atom stereocenters. The molecule has 27 heavy (non-hydrogen) atoms. The summed E-state index contributed by atoms with van der Waals surface area (Å²) in [6, 6.07) is 15.5. The van der Waals surface area contributed by atoms with E-state index in [0.29, 0.717) is 5.96 Å². The van der Waals surface area contributed by atoms with Crippen LogP contribution in [0.5, 0.6) is 5.75 Å². The fourth-order valence-corrected chi connectivity index (χ4v) is 3.17. The molecule has 2 atom stereocenters. The molecule has 2 aromatic carbocycles. The predicted octanol–water partition coefficient (Wildman–Crippen LogP) is 4.43. The lowest BCUT2D eigenvalue weighted by Gasteiger charge is -2.20. The van der Waals surface area contributed by atoms with Crippen LogP contribution in [0.3, 0.4) is 0 Å². The van der Waals surface area contributed by atoms with Crippen LogP contribution in [0.25, 0.3) is 0 Å². The molecule has 3 N–H and O–H groups in total. The minimum absolute atomic E-state index is 0. The summed E-state index contributed by atoms with van der Waals surface area (Å²) in [5.41, 5.74) is 1.96. The lowest BCUT2D eigenvalue weighted by atomic mass is 10.1. The first-order valence-electron chi connectivity index (χ1n) is 8.66. The van der Waals surface area contributed by atoms with Gasteiger partial charge in [0.15, 0.2) is 5.96 Å². The first kappa shape index (κ1) is 23.7. The van der Waals surface area contributed by atoms with Crippen molar-refractivity contribution in [2.45, 2.75) is 26.0 Å². The van der Waals surface area contributed by atoms with Gasteiger partial charge < -0.3 is 20.5 Å². The fraction of sp³-hybridized carbons (Fsp3) is 0.350. The second kappa shape index (κ2) is 12.2. The number of guanidine groups is 1. The molecule has 2 rings (SSSR count). The Bertz CT molecular complexity index is 725. The van der Waals surface area contributed by atoms with Gasteiger partial charge in [0.05, 0.1) is 25.8 Å². The molecular weight excluding hydrogens is 521 g/mol. The van der Waals surface area contributed by atoms with Gasteiger partial charge >= 0.3 is 0 Å². The number of halogens is 2. The molecule has 0 aliphatic heterocycles. The maximum atomic E-state index is 10.4. The van der Waals surface area contributed by atoms with Gasteiger partial charge in [-0.25, -0.2) is 0 Å². The van der Waals surface area contributed by atoms with Crippen molar-refractivity contribution in [1.29, 1.82) is 0 Å². The molecule has 0 aliphatic carbocycles. The standard InChI is InChI=1S/C20H26BrN3O2.HI/c1-4-22-20(24-14(2)17-7-5-6-8-18(17)21)23-13-19(25)15-9-11-16(26-3)12-10-15;/h5-12,14,19,25H,4,13H2,1-3H3,(H2,22,23,24);1H. The Morgan fingerprint density at radius 1 is 1.19 bits per heavy atom. The van der Waals surface area contributed by atoms with E-state index in [-0.39, 0.29) is 36.6 Å². The molecule has 148 valence electrons. The number of aliphatic hydroxyl groups excluding tert-OH is 1. The topological polar surface area (TPSA) is 65.9 Å². The lowest BCUT2D eigenvalue weighted by Crippen LogP contribution is -2.39. The number of hydrogen-bond donors (Lipinski definition) is 3. The Kier molecular flexibility index (Phi) is 10.7. The van der Waals surface area contributed by atoms with Crippen LogP contribution in [0.2, 0.25) is 0 Å². The largest absolute Gasteiger partial charge is 0.497 e. The van der Waals surface area contributed by atoms with E-state index in [1.165, 1.54) is 0 Å². The molecule has 0 heterocycles. The van der Waals surface area contributed by atoms with E-state index in [1.807, 2.05) is 49.4 Å². The monoisotopic (exact) mass is 547 g/mol. The Balaban J connectivity index is 0.00000364. The van der Waals surface area contributed by atoms with Crippen LogP contribution in [0.1, 0.15) is 37.1 Å². The van der Waals surface area contributed by atoms with E-state index in [0.717, 1.165) is 27.9 Å². The quantitative estimate of drug-likeness (QED) is 0.273. The summed E-state index contributed by atoms with van der Waals surface area (Å²) in [4.78, 5) is 4.53. The Labute approximate surface area is 186 Å². The summed E-state index contributed by atoms with van der Waals surface area (Å²) in [6.45, 7) is 5.10. The van der Waals surface area contributed by atoms with E-state index in [1.54, 1.807) is 7.11 Å². The molecular formula is C20H27BrIN3O2. The zero-order valence-electron chi connectivity index (χ0n) is 15.8. The highest BCUT2D eigenvalue weighted by Gasteiger charge is 2.12. The molecule has 0 saturated carbocycles. The summed E-state index contributed by atoms with van der Waals surface area (Å²) in [7, 11) is 1.62. The maximum Gasteiger partial charge on any atom is 0.191 e. The third-order valence-corrected chi connectivity index (χ3v) is 4.71. The second-order valence-corrected chi connectivity index (χ2v) is 6.75. The Morgan fingerprint density at radius 2 is 1.85 bits per heavy atom. The van der Waals surface area contributed by atoms with Crippen LogP contribution in [-0.4, -0.2) is 31.3 Å². The van der Waals surface area contributed by atoms with E-state index in [4.69, 9.17) is 4.74 Å². The molecule has 2 aromatic rings. The van der Waals surface area contributed by atoms with Gasteiger partial charge in [0.2, 0.25) is 0 Å². The maximum absolute atomic E-state index is 10.4. The first-order chi connectivity index (χ1) is 12.5. The van der Waals surface area contributed by atoms with E-state index >= 15 is 0 Å². The van der Waals surface area contributed by atoms with Crippen LogP contribution in [-0.2, 0) is 0 Å². The predicted molar refractivity (Wildman–Crippen MR) is 125 cm³/mol. The molecule has 0 bridgehead atoms. The van der Waals surface area contributed by atoms with Crippen LogP contribution < -0.4 is 15.4 Å². The minimum atomic E-state index is -0.671. The van der Waals surface area contributed by atoms with Crippen molar-refractivity contribution in [2.24, 2.45) is 4.99 Å². The third-order valence-electron chi connectivity index (χ3n) is 3.99. The van der Waals surface area contributed by atoms with E-state index in [9.17, 15) is 5.11 Å². The van der Waals surface area contributed by atoms with Crippen LogP contribution >= 0.6 is 39.9 Å². The minimum Gasteiger partial charge on any atom is -0.497 e. The molecule has 0 aliphatic rings. The summed E-state index contributed by atoms with van der Waals surface area (Å²) in [5.74, 6) is 1.44. The number of rotatable bonds is 7. The zero-order chi connectivity index (χ0) is 18.9. The van der Waals surface area contributed by atoms with Gasteiger partial charge in [-0.3, -0.25) is 4.99 Å². The fourth-order valence-electron chi connectivity index (χ4n) is 2.54. The van der Waals surface area contributed by atoms with Gasteiger partial charge in [0.1, 0.15) is 5.75 Å². The number of hydrogen-bond acceptors (Lipinski definition) is 3. The number of aliphatic imine (C=N–C) groups is 1. The zero-order valence-corrected chi connectivity index (χ0v) is 19.7. The van der Waals surface area contributed by atoms with Crippen molar-refractivity contribution < 1.29 is 9.84 Å². The summed E-state index contributed by atoms with van der Waals surface area (Å²) in [6.07, 6.45) is -0.671. The highest BCUT2D eigenvalue weighted by Crippen LogP contribution is 2.22. The number of aliphatic hydroxyl groups is 1. The highest BCUT2D eigenvalue weighted by atomic mass is 127. The van der Waals surface area contributed by atoms with Gasteiger partial charge in [-0.2, -0.15) is 0 Å². The average Bonchev–Trinajstić information content (AvgIpc) is 2.66. The van der Waals surface area contributed by atoms with Crippen LogP contribution in [0.15, 0.2) is 58.0 Å². The van der Waals surface area contributed by atoms with Gasteiger partial charge in [-0.1, -0.05) is 46.3 Å². The number of benzene rings is 2. The van der Waals surface area contributed by atoms with Gasteiger partial charge in [0, 0.05) is 11.0 Å². The number of ether oxygens (including phenoxy) is 1. The van der Waals surface area contributed by atoms with E-state index in [2.05, 4.69) is 44.5 Å². The number of nitrogens with zero attached hydrogens (tertiary/aromatic N) is 1. The van der Waals surface area contributed by atoms with Crippen molar-refractivity contribution in [2.75, 3.05) is 20.2 Å². The van der Waals surface area contributed by atoms with Crippen molar-refractivity contribution in [3.8, 4) is 5.75 Å². The van der Waals surface area contributed by atoms with Crippen molar-refractivity contribution >= 4 is 45.9 Å². The second-order valence-electron chi connectivity index (χ2n) is 5.90. The summed E-state index contributed by atoms with van der Waals surface area (Å²) in [5, 5.41) is 17.0. The van der Waals surface area contributed by atoms with Gasteiger partial charge in [0.25, 0.3) is 0 Å². The van der Waals surface area contributed by atoms with Gasteiger partial charge in [-0.15, -0.1) is 24.0 Å². The molecule has 0 saturated heterocycles. The lowest BCUT2D eigenvalue weighted by molar-refractivity contribution is 0.187. The smallest absolute Gasteiger partial charge is 0.191 e. The Hall–Kier alpha value is -1.32. The molecule has 7 heteroatoms. The summed E-state index contributed by atoms with van der Waals surface area (Å²) >= 11 is 3.58. The highest BCUT2D eigenvalue weighted by molar-refractivity contribution is 14.0. The molecule has 0 fully saturated rings. The molecule has 0 aromatic heterocycles. The Morgan fingerprint density at radius 3 is 2.44 bits per heavy atom. The van der Waals surface area contributed by atoms with E-state index < -0.39 is 6.10 Å². The third kappa shape index (κ3) is 7.31. The summed E-state index contributed by atoms with van der Waals surface area (Å²) < 4.78 is 6.19. The van der Waals surface area contributed by atoms with Gasteiger partial charge in [-0.05, 0) is 43.2 Å². The number of methoxy groups -OCH3 is 1. The molecule has 0 amide bonds. The molecule has 0 radical (unpaired) electrons. The normalized spacial score (nSPS) is 13.3. The van der Waals surface area contributed by atoms with Crippen molar-refractivity contribution in [1.82, 2.24) is 10.6 Å². The first-order valence-corrected chi connectivity index (χ1v) is 9.45. The molecule has 5 nitrogen and oxygen atoms in total. The van der Waals surface area contributed by atoms with Crippen molar-refractivity contribution in [3.63, 3.8) is 0 Å². The van der Waals surface area contributed by atoms with Crippen LogP contribution in [0, 0.1) is 0 Å². The SMILES string of the molecule is CCNC(=NCC(O)c1ccc(OC)cc1)NC(C)c1ccccc1Br.I.